The lowest BCUT2D eigenvalue weighted by atomic mass is 10.2. The van der Waals surface area contributed by atoms with Crippen LogP contribution in [0.5, 0.6) is 0 Å². The van der Waals surface area contributed by atoms with Crippen molar-refractivity contribution in [3.63, 3.8) is 0 Å². The molecule has 2 aliphatic rings. The maximum atomic E-state index is 12.7. The number of amides is 2. The summed E-state index contributed by atoms with van der Waals surface area (Å²) in [5.41, 5.74) is 3.33. The SMILES string of the molecule is O=C(c1cccnc1)N1CCN(C(=O)c2scnc2C2CC2)CC1. The van der Waals surface area contributed by atoms with E-state index in [1.807, 2.05) is 4.90 Å². The minimum Gasteiger partial charge on any atom is -0.335 e. The summed E-state index contributed by atoms with van der Waals surface area (Å²) in [4.78, 5) is 38.0. The lowest BCUT2D eigenvalue weighted by Gasteiger charge is -2.34. The lowest BCUT2D eigenvalue weighted by molar-refractivity contribution is 0.0537. The Morgan fingerprint density at radius 3 is 2.42 bits per heavy atom. The van der Waals surface area contributed by atoms with Crippen LogP contribution in [0.3, 0.4) is 0 Å². The lowest BCUT2D eigenvalue weighted by Crippen LogP contribution is -2.50. The molecule has 2 amide bonds. The molecule has 0 spiro atoms. The second-order valence-electron chi connectivity index (χ2n) is 6.17. The van der Waals surface area contributed by atoms with Gasteiger partial charge in [-0.25, -0.2) is 4.98 Å². The smallest absolute Gasteiger partial charge is 0.265 e. The van der Waals surface area contributed by atoms with Crippen molar-refractivity contribution < 1.29 is 9.59 Å². The van der Waals surface area contributed by atoms with E-state index in [0.717, 1.165) is 23.4 Å². The highest BCUT2D eigenvalue weighted by Crippen LogP contribution is 2.42. The number of carbonyl (C=O) groups excluding carboxylic acids is 2. The van der Waals surface area contributed by atoms with E-state index in [2.05, 4.69) is 9.97 Å². The van der Waals surface area contributed by atoms with Crippen molar-refractivity contribution in [3.8, 4) is 0 Å². The maximum Gasteiger partial charge on any atom is 0.265 e. The fraction of sp³-hybridized carbons (Fsp3) is 0.412. The Labute approximate surface area is 144 Å². The highest BCUT2D eigenvalue weighted by molar-refractivity contribution is 7.11. The van der Waals surface area contributed by atoms with Crippen LogP contribution in [-0.4, -0.2) is 57.8 Å². The molecule has 2 aromatic heterocycles. The molecule has 2 aromatic rings. The van der Waals surface area contributed by atoms with Crippen molar-refractivity contribution >= 4 is 23.2 Å². The van der Waals surface area contributed by atoms with Crippen molar-refractivity contribution in [2.24, 2.45) is 0 Å². The Balaban J connectivity index is 1.40. The van der Waals surface area contributed by atoms with Crippen molar-refractivity contribution in [3.05, 3.63) is 46.2 Å². The van der Waals surface area contributed by atoms with E-state index >= 15 is 0 Å². The number of rotatable bonds is 3. The first-order valence-corrected chi connectivity index (χ1v) is 9.04. The van der Waals surface area contributed by atoms with Crippen LogP contribution >= 0.6 is 11.3 Å². The van der Waals surface area contributed by atoms with E-state index in [-0.39, 0.29) is 11.8 Å². The molecule has 0 N–H and O–H groups in total. The Kier molecular flexibility index (Phi) is 4.02. The van der Waals surface area contributed by atoms with E-state index < -0.39 is 0 Å². The molecule has 0 unspecified atom stereocenters. The largest absolute Gasteiger partial charge is 0.335 e. The first-order chi connectivity index (χ1) is 11.7. The van der Waals surface area contributed by atoms with Gasteiger partial charge in [0.1, 0.15) is 4.88 Å². The minimum absolute atomic E-state index is 0.0216. The second-order valence-corrected chi connectivity index (χ2v) is 7.02. The maximum absolute atomic E-state index is 12.7. The van der Waals surface area contributed by atoms with Crippen LogP contribution in [0.2, 0.25) is 0 Å². The number of hydrogen-bond donors (Lipinski definition) is 0. The van der Waals surface area contributed by atoms with Crippen LogP contribution in [0, 0.1) is 0 Å². The average molecular weight is 342 g/mol. The third-order valence-corrected chi connectivity index (χ3v) is 5.35. The summed E-state index contributed by atoms with van der Waals surface area (Å²) in [5.74, 6) is 0.517. The van der Waals surface area contributed by atoms with E-state index in [4.69, 9.17) is 0 Å². The first-order valence-electron chi connectivity index (χ1n) is 8.16. The van der Waals surface area contributed by atoms with Gasteiger partial charge in [0.05, 0.1) is 16.8 Å². The number of carbonyl (C=O) groups is 2. The summed E-state index contributed by atoms with van der Waals surface area (Å²) in [7, 11) is 0. The normalized spacial score (nSPS) is 17.8. The van der Waals surface area contributed by atoms with Gasteiger partial charge < -0.3 is 9.80 Å². The summed E-state index contributed by atoms with van der Waals surface area (Å²) < 4.78 is 0. The van der Waals surface area contributed by atoms with Crippen LogP contribution in [0.1, 0.15) is 44.5 Å². The molecule has 1 saturated heterocycles. The fourth-order valence-corrected chi connectivity index (χ4v) is 3.83. The molecule has 4 rings (SSSR count). The van der Waals surface area contributed by atoms with Gasteiger partial charge in [-0.2, -0.15) is 0 Å². The molecular formula is C17H18N4O2S. The molecule has 124 valence electrons. The minimum atomic E-state index is -0.0216. The quantitative estimate of drug-likeness (QED) is 0.856. The van der Waals surface area contributed by atoms with Gasteiger partial charge in [0.2, 0.25) is 0 Å². The molecule has 3 heterocycles. The number of aromatic nitrogens is 2. The molecule has 1 aliphatic heterocycles. The fourth-order valence-electron chi connectivity index (χ4n) is 2.99. The number of hydrogen-bond acceptors (Lipinski definition) is 5. The predicted octanol–water partition coefficient (Wildman–Crippen LogP) is 2.01. The monoisotopic (exact) mass is 342 g/mol. The zero-order valence-electron chi connectivity index (χ0n) is 13.2. The van der Waals surface area contributed by atoms with Gasteiger partial charge in [-0.1, -0.05) is 0 Å². The topological polar surface area (TPSA) is 66.4 Å². The summed E-state index contributed by atoms with van der Waals surface area (Å²) in [6.07, 6.45) is 5.51. The van der Waals surface area contributed by atoms with Crippen molar-refractivity contribution in [1.82, 2.24) is 19.8 Å². The summed E-state index contributed by atoms with van der Waals surface area (Å²) >= 11 is 1.43. The second kappa shape index (κ2) is 6.32. The van der Waals surface area contributed by atoms with Gasteiger partial charge in [-0.15, -0.1) is 11.3 Å². The van der Waals surface area contributed by atoms with Gasteiger partial charge >= 0.3 is 0 Å². The number of thiazole rings is 1. The van der Waals surface area contributed by atoms with E-state index in [0.29, 0.717) is 37.7 Å². The Morgan fingerprint density at radius 2 is 1.79 bits per heavy atom. The van der Waals surface area contributed by atoms with Gasteiger partial charge in [0.15, 0.2) is 0 Å². The molecule has 24 heavy (non-hydrogen) atoms. The van der Waals surface area contributed by atoms with E-state index in [1.165, 1.54) is 11.3 Å². The summed E-state index contributed by atoms with van der Waals surface area (Å²) in [5, 5.41) is 0. The summed E-state index contributed by atoms with van der Waals surface area (Å²) in [6.45, 7) is 2.23. The Hall–Kier alpha value is -2.28. The zero-order valence-corrected chi connectivity index (χ0v) is 14.0. The zero-order chi connectivity index (χ0) is 16.5. The van der Waals surface area contributed by atoms with E-state index in [9.17, 15) is 9.59 Å². The molecule has 0 bridgehead atoms. The molecule has 0 aromatic carbocycles. The first kappa shape index (κ1) is 15.3. The predicted molar refractivity (Wildman–Crippen MR) is 90.1 cm³/mol. The third-order valence-electron chi connectivity index (χ3n) is 4.52. The molecule has 0 radical (unpaired) electrons. The molecule has 2 fully saturated rings. The van der Waals surface area contributed by atoms with Gasteiger partial charge in [-0.05, 0) is 25.0 Å². The number of pyridine rings is 1. The highest BCUT2D eigenvalue weighted by Gasteiger charge is 2.33. The molecule has 1 aliphatic carbocycles. The van der Waals surface area contributed by atoms with Crippen LogP contribution in [0.25, 0.3) is 0 Å². The highest BCUT2D eigenvalue weighted by atomic mass is 32.1. The van der Waals surface area contributed by atoms with Crippen molar-refractivity contribution in [2.45, 2.75) is 18.8 Å². The van der Waals surface area contributed by atoms with Crippen LogP contribution in [-0.2, 0) is 0 Å². The molecule has 1 saturated carbocycles. The number of nitrogens with zero attached hydrogens (tertiary/aromatic N) is 4. The Bertz CT molecular complexity index is 749. The van der Waals surface area contributed by atoms with Crippen molar-refractivity contribution in [2.75, 3.05) is 26.2 Å². The van der Waals surface area contributed by atoms with Gasteiger partial charge in [0.25, 0.3) is 11.8 Å². The molecule has 6 nitrogen and oxygen atoms in total. The summed E-state index contributed by atoms with van der Waals surface area (Å²) in [6, 6.07) is 3.53. The molecular weight excluding hydrogens is 324 g/mol. The van der Waals surface area contributed by atoms with Crippen molar-refractivity contribution in [1.29, 1.82) is 0 Å². The molecule has 7 heteroatoms. The Morgan fingerprint density at radius 1 is 1.08 bits per heavy atom. The third kappa shape index (κ3) is 2.91. The molecule has 0 atom stereocenters. The number of piperazine rings is 1. The van der Waals surface area contributed by atoms with Crippen LogP contribution in [0.4, 0.5) is 0 Å². The van der Waals surface area contributed by atoms with Crippen LogP contribution < -0.4 is 0 Å². The van der Waals surface area contributed by atoms with Gasteiger partial charge in [-0.3, -0.25) is 14.6 Å². The average Bonchev–Trinajstić information content (AvgIpc) is 3.38. The van der Waals surface area contributed by atoms with E-state index in [1.54, 1.807) is 34.9 Å². The van der Waals surface area contributed by atoms with Gasteiger partial charge in [0, 0.05) is 44.5 Å². The van der Waals surface area contributed by atoms with Crippen LogP contribution in [0.15, 0.2) is 30.0 Å². The standard InChI is InChI=1S/C17H18N4O2S/c22-16(13-2-1-5-18-10-13)20-6-8-21(9-7-20)17(23)15-14(12-3-4-12)19-11-24-15/h1-2,5,10-12H,3-4,6-9H2.